The van der Waals surface area contributed by atoms with Gasteiger partial charge in [-0.3, -0.25) is 13.6 Å². The van der Waals surface area contributed by atoms with E-state index in [2.05, 4.69) is 13.6 Å². The zero-order valence-electron chi connectivity index (χ0n) is 11.4. The fraction of sp³-hybridized carbons (Fsp3) is 0.833. The maximum absolute atomic E-state index is 10.9. The molecule has 15 nitrogen and oxygen atoms in total. The molecule has 0 rings (SSSR count). The minimum absolute atomic E-state index is 0.431. The number of rotatable bonds is 11. The largest absolute Gasteiger partial charge is 0.470 e. The lowest BCUT2D eigenvalue weighted by Crippen LogP contribution is -2.49. The van der Waals surface area contributed by atoms with Gasteiger partial charge in [-0.1, -0.05) is 0 Å². The van der Waals surface area contributed by atoms with Crippen LogP contribution in [0.5, 0.6) is 0 Å². The highest BCUT2D eigenvalue weighted by Gasteiger charge is 2.45. The monoisotopic (exact) mass is 420 g/mol. The Bertz CT molecular complexity index is 543. The molecule has 0 aliphatic rings. The summed E-state index contributed by atoms with van der Waals surface area (Å²) in [5.41, 5.74) is 0. The van der Waals surface area contributed by atoms with E-state index in [1.807, 2.05) is 0 Å². The van der Waals surface area contributed by atoms with E-state index in [1.165, 1.54) is 0 Å². The fourth-order valence-electron chi connectivity index (χ4n) is 1.40. The van der Waals surface area contributed by atoms with Crippen molar-refractivity contribution < 1.29 is 71.6 Å². The molecule has 18 heteroatoms. The van der Waals surface area contributed by atoms with Crippen LogP contribution in [0.4, 0.5) is 0 Å². The van der Waals surface area contributed by atoms with E-state index >= 15 is 0 Å². The second-order valence-electron chi connectivity index (χ2n) is 4.07. The quantitative estimate of drug-likeness (QED) is 0.122. The van der Waals surface area contributed by atoms with E-state index in [0.29, 0.717) is 0 Å². The number of aldehydes is 1. The number of hydrogen-bond donors (Lipinski definition) is 8. The van der Waals surface area contributed by atoms with Crippen LogP contribution in [0.3, 0.4) is 0 Å². The number of phosphoric ester groups is 3. The fourth-order valence-corrected chi connectivity index (χ4v) is 3.02. The highest BCUT2D eigenvalue weighted by atomic mass is 31.2. The second-order valence-corrected chi connectivity index (χ2v) is 7.64. The summed E-state index contributed by atoms with van der Waals surface area (Å²) in [5.74, 6) is 0. The van der Waals surface area contributed by atoms with E-state index in [-0.39, 0.29) is 0 Å². The van der Waals surface area contributed by atoms with Gasteiger partial charge in [-0.15, -0.1) is 0 Å². The van der Waals surface area contributed by atoms with E-state index in [1.54, 1.807) is 0 Å². The average molecular weight is 420 g/mol. The van der Waals surface area contributed by atoms with Crippen molar-refractivity contribution in [3.63, 3.8) is 0 Å². The summed E-state index contributed by atoms with van der Waals surface area (Å²) < 4.78 is 44.4. The molecule has 0 aliphatic heterocycles. The Hall–Kier alpha value is -0.0800. The molecule has 0 saturated carbocycles. The Morgan fingerprint density at radius 3 is 1.46 bits per heavy atom. The molecular weight excluding hydrogens is 405 g/mol. The van der Waals surface area contributed by atoms with Crippen LogP contribution >= 0.6 is 23.5 Å². The summed E-state index contributed by atoms with van der Waals surface area (Å²) in [6, 6.07) is 0. The summed E-state index contributed by atoms with van der Waals surface area (Å²) in [6.45, 7) is -1.30. The van der Waals surface area contributed by atoms with Gasteiger partial charge >= 0.3 is 23.5 Å². The molecule has 144 valence electrons. The van der Waals surface area contributed by atoms with Crippen LogP contribution < -0.4 is 0 Å². The van der Waals surface area contributed by atoms with Gasteiger partial charge in [-0.05, 0) is 0 Å². The summed E-state index contributed by atoms with van der Waals surface area (Å²) in [6.07, 6.45) is -10.4. The summed E-state index contributed by atoms with van der Waals surface area (Å²) in [5, 5.41) is 18.3. The molecule has 4 atom stereocenters. The molecule has 0 aliphatic carbocycles. The highest BCUT2D eigenvalue weighted by Crippen LogP contribution is 2.46. The average Bonchev–Trinajstić information content (AvgIpc) is 2.36. The molecule has 0 amide bonds. The van der Waals surface area contributed by atoms with Crippen molar-refractivity contribution in [3.05, 3.63) is 0 Å². The molecule has 0 radical (unpaired) electrons. The number of aliphatic hydroxyl groups excluding tert-OH is 2. The van der Waals surface area contributed by atoms with Crippen molar-refractivity contribution in [2.24, 2.45) is 0 Å². The van der Waals surface area contributed by atoms with Crippen LogP contribution in [0.15, 0.2) is 0 Å². The zero-order valence-corrected chi connectivity index (χ0v) is 14.1. The summed E-state index contributed by atoms with van der Waals surface area (Å²) >= 11 is 0. The predicted molar refractivity (Wildman–Crippen MR) is 69.9 cm³/mol. The van der Waals surface area contributed by atoms with Crippen LogP contribution in [0.25, 0.3) is 0 Å². The van der Waals surface area contributed by atoms with Crippen LogP contribution in [-0.4, -0.2) is 76.9 Å². The Labute approximate surface area is 133 Å². The van der Waals surface area contributed by atoms with Gasteiger partial charge < -0.3 is 44.4 Å². The third-order valence-electron chi connectivity index (χ3n) is 2.13. The molecule has 0 saturated heterocycles. The molecule has 0 aromatic rings. The Kier molecular flexibility index (Phi) is 9.00. The van der Waals surface area contributed by atoms with Crippen molar-refractivity contribution in [1.29, 1.82) is 0 Å². The minimum atomic E-state index is -5.54. The molecule has 0 aromatic heterocycles. The number of aliphatic hydroxyl groups is 2. The summed E-state index contributed by atoms with van der Waals surface area (Å²) in [4.78, 5) is 63.2. The first kappa shape index (κ1) is 23.9. The highest BCUT2D eigenvalue weighted by molar-refractivity contribution is 7.47. The first-order valence-corrected chi connectivity index (χ1v) is 10.1. The molecule has 0 heterocycles. The predicted octanol–water partition coefficient (Wildman–Crippen LogP) is -3.03. The van der Waals surface area contributed by atoms with Gasteiger partial charge in [0.25, 0.3) is 0 Å². The molecule has 0 fully saturated rings. The lowest BCUT2D eigenvalue weighted by atomic mass is 10.0. The maximum atomic E-state index is 10.9. The maximum Gasteiger partial charge on any atom is 0.470 e. The lowest BCUT2D eigenvalue weighted by Gasteiger charge is -2.32. The first-order chi connectivity index (χ1) is 10.6. The molecule has 0 spiro atoms. The molecule has 0 unspecified atom stereocenters. The van der Waals surface area contributed by atoms with Gasteiger partial charge in [-0.2, -0.15) is 0 Å². The smallest absolute Gasteiger partial charge is 0.394 e. The van der Waals surface area contributed by atoms with Crippen molar-refractivity contribution in [2.45, 2.75) is 24.4 Å². The molecular formula is C6H15O15P3. The van der Waals surface area contributed by atoms with Crippen LogP contribution in [0.1, 0.15) is 0 Å². The van der Waals surface area contributed by atoms with Gasteiger partial charge in [-0.25, -0.2) is 13.7 Å². The lowest BCUT2D eigenvalue weighted by molar-refractivity contribution is -0.131. The van der Waals surface area contributed by atoms with Crippen LogP contribution in [0.2, 0.25) is 0 Å². The number of hydrogen-bond acceptors (Lipinski definition) is 9. The first-order valence-electron chi connectivity index (χ1n) is 5.55. The van der Waals surface area contributed by atoms with Crippen molar-refractivity contribution in [3.8, 4) is 0 Å². The minimum Gasteiger partial charge on any atom is -0.394 e. The van der Waals surface area contributed by atoms with Crippen molar-refractivity contribution >= 4 is 29.8 Å². The van der Waals surface area contributed by atoms with E-state index in [9.17, 15) is 23.6 Å². The number of phosphoric acid groups is 3. The van der Waals surface area contributed by atoms with Crippen LogP contribution in [0, 0.1) is 0 Å². The van der Waals surface area contributed by atoms with E-state index in [0.717, 1.165) is 0 Å². The molecule has 0 bridgehead atoms. The normalized spacial score (nSPS) is 18.7. The van der Waals surface area contributed by atoms with Crippen LogP contribution in [-0.2, 0) is 32.1 Å². The van der Waals surface area contributed by atoms with Crippen molar-refractivity contribution in [2.75, 3.05) is 6.61 Å². The number of carbonyl (C=O) groups is 1. The van der Waals surface area contributed by atoms with Gasteiger partial charge in [0, 0.05) is 0 Å². The topological polar surface area (TPSA) is 258 Å². The Morgan fingerprint density at radius 1 is 0.792 bits per heavy atom. The van der Waals surface area contributed by atoms with Gasteiger partial charge in [0.15, 0.2) is 12.4 Å². The van der Waals surface area contributed by atoms with Gasteiger partial charge in [0.1, 0.15) is 18.3 Å². The van der Waals surface area contributed by atoms with E-state index in [4.69, 9.17) is 34.5 Å². The standard InChI is InChI=1S/C6H15O15P3/c7-1-3(9)5(20-23(13,14)15)6(21-24(16,17)18)4(2-8)19-22(10,11)12/h2-7,9H,1H2,(H2,10,11,12)(H2,13,14,15)(H2,16,17,18)/t3-,4+,5+,6+/m1/s1. The SMILES string of the molecule is O=C[C@H](OP(=O)(O)O)[C@H](OP(=O)(O)O)[C@@H](OP(=O)(O)O)[C@H](O)CO. The second kappa shape index (κ2) is 9.03. The Balaban J connectivity index is 5.91. The third kappa shape index (κ3) is 10.0. The van der Waals surface area contributed by atoms with Crippen molar-refractivity contribution in [1.82, 2.24) is 0 Å². The zero-order chi connectivity index (χ0) is 19.3. The van der Waals surface area contributed by atoms with Gasteiger partial charge in [0.05, 0.1) is 6.61 Å². The number of carbonyl (C=O) groups excluding carboxylic acids is 1. The molecule has 8 N–H and O–H groups in total. The molecule has 0 aromatic carbocycles. The van der Waals surface area contributed by atoms with E-state index < -0.39 is 60.8 Å². The van der Waals surface area contributed by atoms with Gasteiger partial charge in [0.2, 0.25) is 0 Å². The molecule has 24 heavy (non-hydrogen) atoms. The Morgan fingerprint density at radius 2 is 1.17 bits per heavy atom. The summed E-state index contributed by atoms with van der Waals surface area (Å²) in [7, 11) is -16.5. The third-order valence-corrected chi connectivity index (χ3v) is 3.68.